The van der Waals surface area contributed by atoms with Gasteiger partial charge in [-0.1, -0.05) is 0 Å². The minimum atomic E-state index is -0.141. The molecule has 2 N–H and O–H groups in total. The van der Waals surface area contributed by atoms with Crippen molar-refractivity contribution in [1.82, 2.24) is 10.2 Å². The van der Waals surface area contributed by atoms with Gasteiger partial charge in [0, 0.05) is 25.2 Å². The van der Waals surface area contributed by atoms with Gasteiger partial charge in [0.05, 0.1) is 18.8 Å². The maximum Gasteiger partial charge on any atom is 0.0827 e. The maximum absolute atomic E-state index is 9.75. The average molecular weight is 240 g/mol. The smallest absolute Gasteiger partial charge is 0.0827 e. The predicted octanol–water partition coefficient (Wildman–Crippen LogP) is 0.353. The van der Waals surface area contributed by atoms with Crippen molar-refractivity contribution in [3.63, 3.8) is 0 Å². The second-order valence-electron chi connectivity index (χ2n) is 5.76. The van der Waals surface area contributed by atoms with E-state index in [2.05, 4.69) is 10.2 Å². The van der Waals surface area contributed by atoms with Gasteiger partial charge in [-0.15, -0.1) is 0 Å². The highest BCUT2D eigenvalue weighted by Crippen LogP contribution is 2.23. The minimum Gasteiger partial charge on any atom is -0.392 e. The summed E-state index contributed by atoms with van der Waals surface area (Å²) in [5.74, 6) is 0. The van der Waals surface area contributed by atoms with E-state index < -0.39 is 0 Å². The maximum atomic E-state index is 9.75. The molecule has 0 spiro atoms. The molecule has 17 heavy (non-hydrogen) atoms. The Bertz CT molecular complexity index is 262. The molecule has 98 valence electrons. The summed E-state index contributed by atoms with van der Waals surface area (Å²) in [6, 6.07) is 0.984. The minimum absolute atomic E-state index is 0.141. The fourth-order valence-corrected chi connectivity index (χ4v) is 3.47. The van der Waals surface area contributed by atoms with Crippen molar-refractivity contribution in [1.29, 1.82) is 0 Å². The lowest BCUT2D eigenvalue weighted by atomic mass is 10.1. The van der Waals surface area contributed by atoms with Crippen molar-refractivity contribution < 1.29 is 9.84 Å². The fourth-order valence-electron chi connectivity index (χ4n) is 3.47. The van der Waals surface area contributed by atoms with Crippen LogP contribution in [0.1, 0.15) is 32.1 Å². The number of aliphatic hydroxyl groups excluding tert-OH is 1. The molecule has 0 aromatic heterocycles. The molecule has 2 aliphatic heterocycles. The van der Waals surface area contributed by atoms with Gasteiger partial charge in [-0.2, -0.15) is 0 Å². The Kier molecular flexibility index (Phi) is 3.66. The molecule has 2 saturated heterocycles. The number of morpholine rings is 1. The van der Waals surface area contributed by atoms with Crippen LogP contribution < -0.4 is 5.32 Å². The van der Waals surface area contributed by atoms with Gasteiger partial charge >= 0.3 is 0 Å². The van der Waals surface area contributed by atoms with Crippen LogP contribution in [0.5, 0.6) is 0 Å². The molecule has 4 heteroatoms. The van der Waals surface area contributed by atoms with Gasteiger partial charge in [0.25, 0.3) is 0 Å². The summed E-state index contributed by atoms with van der Waals surface area (Å²) in [7, 11) is 0. The molecule has 0 amide bonds. The third kappa shape index (κ3) is 2.65. The number of nitrogens with one attached hydrogen (secondary N) is 1. The zero-order valence-corrected chi connectivity index (χ0v) is 10.5. The molecule has 2 heterocycles. The van der Waals surface area contributed by atoms with Crippen LogP contribution in [0.2, 0.25) is 0 Å². The number of aliphatic hydroxyl groups is 1. The lowest BCUT2D eigenvalue weighted by Gasteiger charge is -2.35. The van der Waals surface area contributed by atoms with Crippen LogP contribution in [0.25, 0.3) is 0 Å². The molecule has 4 atom stereocenters. The summed E-state index contributed by atoms with van der Waals surface area (Å²) in [4.78, 5) is 2.57. The third-order valence-electron chi connectivity index (χ3n) is 4.55. The summed E-state index contributed by atoms with van der Waals surface area (Å²) >= 11 is 0. The van der Waals surface area contributed by atoms with Crippen molar-refractivity contribution in [3.8, 4) is 0 Å². The first kappa shape index (κ1) is 11.9. The SMILES string of the molecule is OC1CCCC1NCC1CN2CCCC2CO1. The van der Waals surface area contributed by atoms with E-state index in [1.165, 1.54) is 19.4 Å². The van der Waals surface area contributed by atoms with Crippen molar-refractivity contribution in [3.05, 3.63) is 0 Å². The Morgan fingerprint density at radius 3 is 3.00 bits per heavy atom. The summed E-state index contributed by atoms with van der Waals surface area (Å²) in [5, 5.41) is 13.2. The number of hydrogen-bond acceptors (Lipinski definition) is 4. The molecule has 4 nitrogen and oxygen atoms in total. The van der Waals surface area contributed by atoms with Crippen molar-refractivity contribution in [2.24, 2.45) is 0 Å². The Morgan fingerprint density at radius 1 is 1.24 bits per heavy atom. The first-order valence-corrected chi connectivity index (χ1v) is 7.10. The van der Waals surface area contributed by atoms with E-state index >= 15 is 0 Å². The molecule has 4 unspecified atom stereocenters. The van der Waals surface area contributed by atoms with Gasteiger partial charge < -0.3 is 15.2 Å². The Morgan fingerprint density at radius 2 is 2.18 bits per heavy atom. The number of ether oxygens (including phenoxy) is 1. The molecule has 1 saturated carbocycles. The first-order chi connectivity index (χ1) is 8.33. The van der Waals surface area contributed by atoms with E-state index in [0.717, 1.165) is 39.0 Å². The van der Waals surface area contributed by atoms with E-state index in [-0.39, 0.29) is 6.10 Å². The molecule has 0 radical (unpaired) electrons. The highest BCUT2D eigenvalue weighted by Gasteiger charge is 2.33. The second-order valence-corrected chi connectivity index (χ2v) is 5.76. The van der Waals surface area contributed by atoms with E-state index in [9.17, 15) is 5.11 Å². The molecule has 1 aliphatic carbocycles. The standard InChI is InChI=1S/C13H24N2O2/c16-13-5-1-4-12(13)14-7-11-8-15-6-2-3-10(15)9-17-11/h10-14,16H,1-9H2. The number of rotatable bonds is 3. The van der Waals surface area contributed by atoms with E-state index in [4.69, 9.17) is 4.74 Å². The van der Waals surface area contributed by atoms with Crippen LogP contribution in [0.4, 0.5) is 0 Å². The normalized spacial score (nSPS) is 42.9. The Hall–Kier alpha value is -0.160. The molecule has 0 aromatic rings. The molecular weight excluding hydrogens is 216 g/mol. The lowest BCUT2D eigenvalue weighted by Crippen LogP contribution is -2.51. The van der Waals surface area contributed by atoms with Gasteiger partial charge in [-0.25, -0.2) is 0 Å². The van der Waals surface area contributed by atoms with Crippen molar-refractivity contribution >= 4 is 0 Å². The zero-order valence-electron chi connectivity index (χ0n) is 10.5. The quantitative estimate of drug-likeness (QED) is 0.747. The summed E-state index contributed by atoms with van der Waals surface area (Å²) in [6.45, 7) is 4.11. The van der Waals surface area contributed by atoms with Gasteiger partial charge in [-0.3, -0.25) is 4.90 Å². The van der Waals surface area contributed by atoms with Crippen LogP contribution in [0.3, 0.4) is 0 Å². The number of hydrogen-bond donors (Lipinski definition) is 2. The topological polar surface area (TPSA) is 44.7 Å². The third-order valence-corrected chi connectivity index (χ3v) is 4.55. The molecule has 0 aromatic carbocycles. The van der Waals surface area contributed by atoms with E-state index in [1.54, 1.807) is 0 Å². The Balaban J connectivity index is 1.43. The number of nitrogens with zero attached hydrogens (tertiary/aromatic N) is 1. The fraction of sp³-hybridized carbons (Fsp3) is 1.00. The first-order valence-electron chi connectivity index (χ1n) is 7.10. The van der Waals surface area contributed by atoms with Gasteiger partial charge in [0.1, 0.15) is 0 Å². The molecule has 3 fully saturated rings. The largest absolute Gasteiger partial charge is 0.392 e. The summed E-state index contributed by atoms with van der Waals surface area (Å²) in [5.41, 5.74) is 0. The van der Waals surface area contributed by atoms with Crippen molar-refractivity contribution in [2.45, 2.75) is 56.4 Å². The van der Waals surface area contributed by atoms with Crippen LogP contribution in [0.15, 0.2) is 0 Å². The highest BCUT2D eigenvalue weighted by molar-refractivity contribution is 4.88. The Labute approximate surface area is 103 Å². The monoisotopic (exact) mass is 240 g/mol. The second kappa shape index (κ2) is 5.22. The van der Waals surface area contributed by atoms with Crippen LogP contribution in [0, 0.1) is 0 Å². The predicted molar refractivity (Wildman–Crippen MR) is 66.0 cm³/mol. The van der Waals surface area contributed by atoms with Gasteiger partial charge in [-0.05, 0) is 38.6 Å². The van der Waals surface area contributed by atoms with Crippen LogP contribution in [-0.4, -0.2) is 60.5 Å². The van der Waals surface area contributed by atoms with Gasteiger partial charge in [0.15, 0.2) is 0 Å². The molecule has 3 aliphatic rings. The summed E-state index contributed by atoms with van der Waals surface area (Å²) < 4.78 is 5.90. The number of fused-ring (bicyclic) bond motifs is 1. The van der Waals surface area contributed by atoms with Crippen molar-refractivity contribution in [2.75, 3.05) is 26.2 Å². The highest BCUT2D eigenvalue weighted by atomic mass is 16.5. The molecule has 0 bridgehead atoms. The molecular formula is C13H24N2O2. The average Bonchev–Trinajstić information content (AvgIpc) is 2.94. The van der Waals surface area contributed by atoms with Crippen LogP contribution in [-0.2, 0) is 4.74 Å². The van der Waals surface area contributed by atoms with Gasteiger partial charge in [0.2, 0.25) is 0 Å². The van der Waals surface area contributed by atoms with Crippen LogP contribution >= 0.6 is 0 Å². The molecule has 3 rings (SSSR count). The van der Waals surface area contributed by atoms with E-state index in [0.29, 0.717) is 18.2 Å². The zero-order chi connectivity index (χ0) is 11.7. The lowest BCUT2D eigenvalue weighted by molar-refractivity contribution is -0.0489. The van der Waals surface area contributed by atoms with E-state index in [1.807, 2.05) is 0 Å². The summed E-state index contributed by atoms with van der Waals surface area (Å²) in [6.07, 6.45) is 6.03.